The Balaban J connectivity index is 0.000000160. The van der Waals surface area contributed by atoms with Crippen LogP contribution >= 0.6 is 22.7 Å². The first-order valence-corrected chi connectivity index (χ1v) is 19.0. The molecule has 0 bridgehead atoms. The molecule has 272 valence electrons. The Labute approximate surface area is 313 Å². The maximum atomic E-state index is 12.1. The van der Waals surface area contributed by atoms with Gasteiger partial charge < -0.3 is 35.9 Å². The third kappa shape index (κ3) is 9.32. The Morgan fingerprint density at radius 1 is 0.849 bits per heavy atom. The number of amides is 1. The molecule has 2 atom stereocenters. The number of piperidine rings is 2. The highest BCUT2D eigenvalue weighted by Gasteiger charge is 2.25. The van der Waals surface area contributed by atoms with Gasteiger partial charge in [-0.15, -0.1) is 22.7 Å². The van der Waals surface area contributed by atoms with Crippen LogP contribution in [-0.2, 0) is 9.59 Å². The van der Waals surface area contributed by atoms with E-state index < -0.39 is 12.4 Å². The number of hydrogen-bond acceptors (Lipinski definition) is 13. The fourth-order valence-electron chi connectivity index (χ4n) is 6.36. The molecule has 8 rings (SSSR count). The van der Waals surface area contributed by atoms with Crippen molar-refractivity contribution in [2.24, 2.45) is 0 Å². The molecule has 15 nitrogen and oxygen atoms in total. The van der Waals surface area contributed by atoms with Gasteiger partial charge in [-0.1, -0.05) is 0 Å². The lowest BCUT2D eigenvalue weighted by Gasteiger charge is -2.33. The third-order valence-corrected chi connectivity index (χ3v) is 9.99. The van der Waals surface area contributed by atoms with Crippen LogP contribution in [0.3, 0.4) is 0 Å². The Bertz CT molecular complexity index is 2200. The Morgan fingerprint density at radius 2 is 1.43 bits per heavy atom. The highest BCUT2D eigenvalue weighted by Crippen LogP contribution is 2.35. The van der Waals surface area contributed by atoms with E-state index in [4.69, 9.17) is 15.6 Å². The molecule has 2 aliphatic rings. The van der Waals surface area contributed by atoms with Crippen LogP contribution < -0.4 is 16.0 Å². The molecule has 2 fully saturated rings. The van der Waals surface area contributed by atoms with Gasteiger partial charge in [0, 0.05) is 89.2 Å². The molecular weight excluding hydrogens is 713 g/mol. The van der Waals surface area contributed by atoms with Gasteiger partial charge in [0.05, 0.1) is 45.9 Å². The summed E-state index contributed by atoms with van der Waals surface area (Å²) < 4.78 is 0. The van der Waals surface area contributed by atoms with Crippen molar-refractivity contribution in [3.63, 3.8) is 0 Å². The topological polar surface area (TPSA) is 224 Å². The van der Waals surface area contributed by atoms with Crippen LogP contribution in [0, 0.1) is 22.7 Å². The van der Waals surface area contributed by atoms with Crippen molar-refractivity contribution >= 4 is 68.0 Å². The molecule has 17 heteroatoms. The van der Waals surface area contributed by atoms with Crippen LogP contribution in [0.4, 0.5) is 11.4 Å². The van der Waals surface area contributed by atoms with Crippen molar-refractivity contribution in [3.8, 4) is 34.7 Å². The number of carboxylic acid groups (broad SMARTS) is 1. The average Bonchev–Trinajstić information content (AvgIpc) is 4.01. The monoisotopic (exact) mass is 750 g/mol. The van der Waals surface area contributed by atoms with Crippen molar-refractivity contribution in [2.45, 2.75) is 50.6 Å². The SMILES string of the molecule is N#CCC(=O)N1CCC[C@@H](Nc2c(-c3cscn3)cnc3[nH]ccc23)C1.N#CCC(=O)O.c1cc2c(N[C@@H]3CCCNC3)c(-c3cscn3)cnc2[nH]1. The van der Waals surface area contributed by atoms with E-state index in [-0.39, 0.29) is 18.4 Å². The van der Waals surface area contributed by atoms with Crippen LogP contribution in [0.1, 0.15) is 38.5 Å². The number of hydrogen-bond donors (Lipinski definition) is 6. The van der Waals surface area contributed by atoms with Crippen molar-refractivity contribution in [3.05, 3.63) is 58.7 Å². The summed E-state index contributed by atoms with van der Waals surface area (Å²) >= 11 is 3.16. The fraction of sp³-hybridized carbons (Fsp3) is 0.333. The second-order valence-corrected chi connectivity index (χ2v) is 13.8. The van der Waals surface area contributed by atoms with Gasteiger partial charge in [-0.3, -0.25) is 9.59 Å². The zero-order chi connectivity index (χ0) is 37.0. The largest absolute Gasteiger partial charge is 0.480 e. The maximum absolute atomic E-state index is 12.1. The predicted molar refractivity (Wildman–Crippen MR) is 205 cm³/mol. The van der Waals surface area contributed by atoms with Gasteiger partial charge in [-0.2, -0.15) is 10.5 Å². The molecule has 0 aromatic carbocycles. The molecule has 0 unspecified atom stereocenters. The normalized spacial score (nSPS) is 16.7. The quantitative estimate of drug-likeness (QED) is 0.108. The second kappa shape index (κ2) is 18.1. The van der Waals surface area contributed by atoms with Crippen LogP contribution in [-0.4, -0.2) is 90.0 Å². The molecule has 2 aliphatic heterocycles. The van der Waals surface area contributed by atoms with E-state index in [2.05, 4.69) is 57.3 Å². The van der Waals surface area contributed by atoms with E-state index in [9.17, 15) is 9.59 Å². The number of pyridine rings is 2. The van der Waals surface area contributed by atoms with Crippen LogP contribution in [0.15, 0.2) is 58.7 Å². The van der Waals surface area contributed by atoms with Gasteiger partial charge in [0.1, 0.15) is 24.1 Å². The number of thiazole rings is 2. The number of nitrogens with zero attached hydrogens (tertiary/aromatic N) is 7. The summed E-state index contributed by atoms with van der Waals surface area (Å²) in [6, 6.07) is 8.08. The Kier molecular flexibility index (Phi) is 12.6. The van der Waals surface area contributed by atoms with E-state index in [1.54, 1.807) is 27.6 Å². The molecule has 2 saturated heterocycles. The van der Waals surface area contributed by atoms with Gasteiger partial charge in [0.25, 0.3) is 0 Å². The second-order valence-electron chi connectivity index (χ2n) is 12.4. The smallest absolute Gasteiger partial charge is 0.317 e. The van der Waals surface area contributed by atoms with Crippen molar-refractivity contribution in [1.29, 1.82) is 10.5 Å². The highest BCUT2D eigenvalue weighted by molar-refractivity contribution is 7.08. The Morgan fingerprint density at radius 3 is 1.92 bits per heavy atom. The summed E-state index contributed by atoms with van der Waals surface area (Å²) in [5.41, 5.74) is 11.4. The number of aliphatic carboxylic acids is 1. The fourth-order valence-corrected chi connectivity index (χ4v) is 7.46. The molecule has 8 heterocycles. The number of fused-ring (bicyclic) bond motifs is 2. The first-order valence-electron chi connectivity index (χ1n) is 17.1. The number of aromatic nitrogens is 6. The molecule has 6 aromatic heterocycles. The van der Waals surface area contributed by atoms with E-state index in [1.165, 1.54) is 18.9 Å². The molecule has 6 N–H and O–H groups in total. The summed E-state index contributed by atoms with van der Waals surface area (Å²) in [5.74, 6) is -1.17. The summed E-state index contributed by atoms with van der Waals surface area (Å²) in [5, 5.41) is 41.1. The number of aromatic amines is 2. The molecule has 0 saturated carbocycles. The van der Waals surface area contributed by atoms with Crippen molar-refractivity contribution in [1.82, 2.24) is 40.1 Å². The minimum atomic E-state index is -1.07. The summed E-state index contributed by atoms with van der Waals surface area (Å²) in [7, 11) is 0. The first kappa shape index (κ1) is 36.9. The number of anilines is 2. The predicted octanol–water partition coefficient (Wildman–Crippen LogP) is 5.84. The van der Waals surface area contributed by atoms with Gasteiger partial charge >= 0.3 is 5.97 Å². The van der Waals surface area contributed by atoms with Gasteiger partial charge in [-0.05, 0) is 44.4 Å². The zero-order valence-electron chi connectivity index (χ0n) is 28.7. The highest BCUT2D eigenvalue weighted by atomic mass is 32.1. The Hall–Kier alpha value is -5.88. The van der Waals surface area contributed by atoms with E-state index in [0.29, 0.717) is 19.1 Å². The number of nitrogens with one attached hydrogen (secondary N) is 5. The van der Waals surface area contributed by atoms with Crippen LogP contribution in [0.5, 0.6) is 0 Å². The van der Waals surface area contributed by atoms with E-state index in [0.717, 1.165) is 81.9 Å². The average molecular weight is 751 g/mol. The van der Waals surface area contributed by atoms with Crippen LogP contribution in [0.2, 0.25) is 0 Å². The molecule has 1 amide bonds. The number of nitriles is 2. The number of rotatable bonds is 8. The van der Waals surface area contributed by atoms with Crippen molar-refractivity contribution < 1.29 is 14.7 Å². The molecule has 0 spiro atoms. The molecular formula is C36H38N12O3S2. The summed E-state index contributed by atoms with van der Waals surface area (Å²) in [6.07, 6.45) is 11.4. The van der Waals surface area contributed by atoms with Crippen LogP contribution in [0.25, 0.3) is 44.6 Å². The molecule has 6 aromatic rings. The number of carbonyl (C=O) groups is 2. The van der Waals surface area contributed by atoms with E-state index in [1.807, 2.05) is 53.3 Å². The minimum absolute atomic E-state index is 0.0614. The lowest BCUT2D eigenvalue weighted by atomic mass is 10.0. The standard InChI is InChI=1S/C18H18N6OS.C15H17N5S.C3H3NO2/c19-5-3-16(25)24-7-1-2-12(9-24)23-17-13-4-6-20-18(13)21-8-14(17)15-10-26-11-22-15;1-2-10(6-16-4-1)20-14-11-3-5-17-15(11)18-7-12(14)13-8-21-9-19-13;4-2-1-3(5)6/h4,6,8,10-12H,1-3,7,9H2,(H2,20,21,23);3,5,7-10,16H,1-2,4,6H2,(H2,17,18,20);1H2,(H,5,6)/t12-;10-;/m11./s1. The first-order chi connectivity index (χ1) is 25.9. The summed E-state index contributed by atoms with van der Waals surface area (Å²) in [4.78, 5) is 47.4. The van der Waals surface area contributed by atoms with Gasteiger partial charge in [0.15, 0.2) is 0 Å². The van der Waals surface area contributed by atoms with E-state index >= 15 is 0 Å². The van der Waals surface area contributed by atoms with Crippen molar-refractivity contribution in [2.75, 3.05) is 36.8 Å². The zero-order valence-corrected chi connectivity index (χ0v) is 30.3. The molecule has 0 aliphatic carbocycles. The lowest BCUT2D eigenvalue weighted by molar-refractivity contribution is -0.136. The lowest BCUT2D eigenvalue weighted by Crippen LogP contribution is -2.45. The molecule has 53 heavy (non-hydrogen) atoms. The number of carbonyl (C=O) groups excluding carboxylic acids is 1. The third-order valence-electron chi connectivity index (χ3n) is 8.82. The summed E-state index contributed by atoms with van der Waals surface area (Å²) in [6.45, 7) is 3.44. The number of likely N-dealkylation sites (tertiary alicyclic amines) is 1. The number of H-pyrrole nitrogens is 2. The maximum Gasteiger partial charge on any atom is 0.317 e. The van der Waals surface area contributed by atoms with Gasteiger partial charge in [-0.25, -0.2) is 19.9 Å². The van der Waals surface area contributed by atoms with Gasteiger partial charge in [0.2, 0.25) is 5.91 Å². The minimum Gasteiger partial charge on any atom is -0.480 e. The molecule has 0 radical (unpaired) electrons. The number of carboxylic acids is 1.